The van der Waals surface area contributed by atoms with Gasteiger partial charge in [0.15, 0.2) is 6.61 Å². The number of carbonyl (C=O) groups excluding carboxylic acids is 2. The Hall–Kier alpha value is -2.32. The number of aromatic amines is 1. The average Bonchev–Trinajstić information content (AvgIpc) is 3.04. The summed E-state index contributed by atoms with van der Waals surface area (Å²) >= 11 is 2.63. The number of carbonyl (C=O) groups is 2. The standard InChI is InChI=1S/C17H16N2O4S2/c1-7-5-11(9(3)24-7)12(20)6-23-17(22)14-8(2)13-15(21)18-10(4)19-16(13)25-14/h5H,6H2,1-4H3,(H,18,19,21). The second-order valence-electron chi connectivity index (χ2n) is 5.71. The van der Waals surface area contributed by atoms with Crippen molar-refractivity contribution in [3.05, 3.63) is 48.0 Å². The van der Waals surface area contributed by atoms with Crippen LogP contribution in [-0.4, -0.2) is 28.3 Å². The number of aryl methyl sites for hydroxylation is 4. The van der Waals surface area contributed by atoms with E-state index in [2.05, 4.69) is 9.97 Å². The Morgan fingerprint density at radius 1 is 1.20 bits per heavy atom. The Labute approximate surface area is 151 Å². The number of nitrogens with one attached hydrogen (secondary N) is 1. The summed E-state index contributed by atoms with van der Waals surface area (Å²) in [5.74, 6) is -0.367. The predicted molar refractivity (Wildman–Crippen MR) is 98.1 cm³/mol. The summed E-state index contributed by atoms with van der Waals surface area (Å²) in [6, 6.07) is 1.80. The van der Waals surface area contributed by atoms with Gasteiger partial charge in [0, 0.05) is 15.3 Å². The van der Waals surface area contributed by atoms with Crippen LogP contribution in [0.1, 0.15) is 41.2 Å². The third-order valence-corrected chi connectivity index (χ3v) is 5.91. The SMILES string of the molecule is Cc1nc2sc(C(=O)OCC(=O)c3cc(C)sc3C)c(C)c2c(=O)[nH]1. The fourth-order valence-electron chi connectivity index (χ4n) is 2.63. The maximum Gasteiger partial charge on any atom is 0.349 e. The summed E-state index contributed by atoms with van der Waals surface area (Å²) in [5, 5.41) is 0.387. The zero-order valence-electron chi connectivity index (χ0n) is 14.2. The lowest BCUT2D eigenvalue weighted by molar-refractivity contribution is 0.0479. The Balaban J connectivity index is 1.82. The number of H-pyrrole nitrogens is 1. The Morgan fingerprint density at radius 3 is 2.56 bits per heavy atom. The number of rotatable bonds is 4. The number of nitrogens with zero attached hydrogens (tertiary/aromatic N) is 1. The van der Waals surface area contributed by atoms with E-state index in [0.29, 0.717) is 32.0 Å². The smallest absolute Gasteiger partial charge is 0.349 e. The van der Waals surface area contributed by atoms with Gasteiger partial charge in [0.2, 0.25) is 5.78 Å². The van der Waals surface area contributed by atoms with Gasteiger partial charge in [0.25, 0.3) is 5.56 Å². The van der Waals surface area contributed by atoms with Gasteiger partial charge in [-0.1, -0.05) is 0 Å². The van der Waals surface area contributed by atoms with Crippen LogP contribution >= 0.6 is 22.7 Å². The molecular weight excluding hydrogens is 360 g/mol. The molecular formula is C17H16N2O4S2. The normalized spacial score (nSPS) is 11.0. The first-order valence-electron chi connectivity index (χ1n) is 7.55. The number of esters is 1. The molecule has 6 nitrogen and oxygen atoms in total. The van der Waals surface area contributed by atoms with E-state index in [9.17, 15) is 14.4 Å². The third kappa shape index (κ3) is 3.27. The molecule has 130 valence electrons. The predicted octanol–water partition coefficient (Wildman–Crippen LogP) is 3.32. The Morgan fingerprint density at radius 2 is 1.92 bits per heavy atom. The molecule has 3 rings (SSSR count). The number of ether oxygens (including phenoxy) is 1. The van der Waals surface area contributed by atoms with Gasteiger partial charge in [0.05, 0.1) is 5.39 Å². The molecule has 0 amide bonds. The number of ketones is 1. The second-order valence-corrected chi connectivity index (χ2v) is 8.17. The van der Waals surface area contributed by atoms with Crippen molar-refractivity contribution >= 4 is 44.6 Å². The van der Waals surface area contributed by atoms with Crippen molar-refractivity contribution < 1.29 is 14.3 Å². The molecule has 0 unspecified atom stereocenters. The van der Waals surface area contributed by atoms with Gasteiger partial charge in [-0.25, -0.2) is 9.78 Å². The van der Waals surface area contributed by atoms with Crippen molar-refractivity contribution in [3.63, 3.8) is 0 Å². The summed E-state index contributed by atoms with van der Waals surface area (Å²) in [5.41, 5.74) is 0.821. The number of aromatic nitrogens is 2. The Bertz CT molecular complexity index is 1060. The second kappa shape index (κ2) is 6.53. The molecule has 0 spiro atoms. The van der Waals surface area contributed by atoms with E-state index in [-0.39, 0.29) is 17.9 Å². The lowest BCUT2D eigenvalue weighted by atomic mass is 10.2. The lowest BCUT2D eigenvalue weighted by Gasteiger charge is -2.03. The molecule has 0 atom stereocenters. The van der Waals surface area contributed by atoms with Crippen LogP contribution in [-0.2, 0) is 4.74 Å². The fraction of sp³-hybridized carbons (Fsp3) is 0.294. The van der Waals surface area contributed by atoms with E-state index in [1.807, 2.05) is 13.8 Å². The van der Waals surface area contributed by atoms with Gasteiger partial charge in [-0.15, -0.1) is 22.7 Å². The summed E-state index contributed by atoms with van der Waals surface area (Å²) in [4.78, 5) is 46.2. The molecule has 8 heteroatoms. The highest BCUT2D eigenvalue weighted by molar-refractivity contribution is 7.20. The summed E-state index contributed by atoms with van der Waals surface area (Å²) in [7, 11) is 0. The van der Waals surface area contributed by atoms with Crippen molar-refractivity contribution in [3.8, 4) is 0 Å². The van der Waals surface area contributed by atoms with E-state index in [4.69, 9.17) is 4.74 Å². The first kappa shape index (κ1) is 17.5. The van der Waals surface area contributed by atoms with Crippen LogP contribution in [0.4, 0.5) is 0 Å². The number of hydrogen-bond acceptors (Lipinski definition) is 7. The van der Waals surface area contributed by atoms with Crippen molar-refractivity contribution in [1.82, 2.24) is 9.97 Å². The molecule has 0 saturated heterocycles. The van der Waals surface area contributed by atoms with Crippen LogP contribution in [0.25, 0.3) is 10.2 Å². The summed E-state index contributed by atoms with van der Waals surface area (Å²) in [6.07, 6.45) is 0. The molecule has 0 aliphatic carbocycles. The van der Waals surface area contributed by atoms with Crippen LogP contribution < -0.4 is 5.56 Å². The third-order valence-electron chi connectivity index (χ3n) is 3.78. The highest BCUT2D eigenvalue weighted by atomic mass is 32.1. The topological polar surface area (TPSA) is 89.1 Å². The lowest BCUT2D eigenvalue weighted by Crippen LogP contribution is -2.14. The highest BCUT2D eigenvalue weighted by Crippen LogP contribution is 2.28. The minimum Gasteiger partial charge on any atom is -0.453 e. The molecule has 0 saturated carbocycles. The van der Waals surface area contributed by atoms with Crippen LogP contribution in [0, 0.1) is 27.7 Å². The van der Waals surface area contributed by atoms with E-state index in [1.54, 1.807) is 19.9 Å². The minimum absolute atomic E-state index is 0.235. The molecule has 3 aromatic heterocycles. The van der Waals surface area contributed by atoms with Gasteiger partial charge in [0.1, 0.15) is 15.5 Å². The fourth-order valence-corrected chi connectivity index (χ4v) is 4.69. The molecule has 0 aliphatic heterocycles. The first-order valence-corrected chi connectivity index (χ1v) is 9.18. The van der Waals surface area contributed by atoms with E-state index in [1.165, 1.54) is 11.3 Å². The number of thiophene rings is 2. The van der Waals surface area contributed by atoms with Crippen LogP contribution in [0.5, 0.6) is 0 Å². The molecule has 25 heavy (non-hydrogen) atoms. The van der Waals surface area contributed by atoms with Crippen molar-refractivity contribution in [2.24, 2.45) is 0 Å². The van der Waals surface area contributed by atoms with Gasteiger partial charge >= 0.3 is 5.97 Å². The van der Waals surface area contributed by atoms with E-state index >= 15 is 0 Å². The van der Waals surface area contributed by atoms with Crippen molar-refractivity contribution in [2.45, 2.75) is 27.7 Å². The minimum atomic E-state index is -0.615. The summed E-state index contributed by atoms with van der Waals surface area (Å²) in [6.45, 7) is 6.82. The zero-order chi connectivity index (χ0) is 18.3. The zero-order valence-corrected chi connectivity index (χ0v) is 15.8. The maximum atomic E-state index is 12.4. The molecule has 3 aromatic rings. The van der Waals surface area contributed by atoms with Gasteiger partial charge < -0.3 is 9.72 Å². The van der Waals surface area contributed by atoms with Crippen molar-refractivity contribution in [2.75, 3.05) is 6.61 Å². The molecule has 0 aromatic carbocycles. The van der Waals surface area contributed by atoms with Crippen LogP contribution in [0.15, 0.2) is 10.9 Å². The molecule has 0 aliphatic rings. The monoisotopic (exact) mass is 376 g/mol. The van der Waals surface area contributed by atoms with E-state index in [0.717, 1.165) is 21.1 Å². The van der Waals surface area contributed by atoms with Crippen LogP contribution in [0.2, 0.25) is 0 Å². The highest BCUT2D eigenvalue weighted by Gasteiger charge is 2.21. The van der Waals surface area contributed by atoms with Crippen LogP contribution in [0.3, 0.4) is 0 Å². The molecule has 0 fully saturated rings. The summed E-state index contributed by atoms with van der Waals surface area (Å²) < 4.78 is 5.18. The number of hydrogen-bond donors (Lipinski definition) is 1. The molecule has 1 N–H and O–H groups in total. The maximum absolute atomic E-state index is 12.4. The molecule has 3 heterocycles. The van der Waals surface area contributed by atoms with E-state index < -0.39 is 5.97 Å². The first-order chi connectivity index (χ1) is 11.8. The van der Waals surface area contributed by atoms with Gasteiger partial charge in [-0.2, -0.15) is 0 Å². The van der Waals surface area contributed by atoms with Gasteiger partial charge in [-0.3, -0.25) is 9.59 Å². The Kier molecular flexibility index (Phi) is 4.57. The average molecular weight is 376 g/mol. The van der Waals surface area contributed by atoms with Crippen molar-refractivity contribution in [1.29, 1.82) is 0 Å². The molecule has 0 bridgehead atoms. The molecule has 0 radical (unpaired) electrons. The number of Topliss-reactive ketones (excluding diaryl/α,β-unsaturated/α-hetero) is 1. The number of fused-ring (bicyclic) bond motifs is 1. The van der Waals surface area contributed by atoms with Gasteiger partial charge in [-0.05, 0) is 39.3 Å². The largest absolute Gasteiger partial charge is 0.453 e. The quantitative estimate of drug-likeness (QED) is 0.557.